The fraction of sp³-hybridized carbons (Fsp3) is 0.562. The molecule has 0 bridgehead atoms. The van der Waals surface area contributed by atoms with Gasteiger partial charge in [0.25, 0.3) is 0 Å². The van der Waals surface area contributed by atoms with Crippen molar-refractivity contribution in [2.75, 3.05) is 39.5 Å². The lowest BCUT2D eigenvalue weighted by molar-refractivity contribution is -0.0167. The molecule has 0 atom stereocenters. The molecule has 1 aliphatic heterocycles. The van der Waals surface area contributed by atoms with Crippen molar-refractivity contribution >= 4 is 5.97 Å². The summed E-state index contributed by atoms with van der Waals surface area (Å²) in [6.45, 7) is 3.85. The maximum atomic E-state index is 11.6. The number of piperidine rings is 1. The van der Waals surface area contributed by atoms with E-state index in [-0.39, 0.29) is 12.6 Å². The number of hydrogen-bond acceptors (Lipinski definition) is 5. The van der Waals surface area contributed by atoms with Gasteiger partial charge in [-0.3, -0.25) is 0 Å². The first-order valence-corrected chi connectivity index (χ1v) is 7.48. The van der Waals surface area contributed by atoms with E-state index in [1.54, 1.807) is 12.1 Å². The zero-order valence-electron chi connectivity index (χ0n) is 12.3. The van der Waals surface area contributed by atoms with Crippen molar-refractivity contribution in [2.45, 2.75) is 18.9 Å². The Morgan fingerprint density at radius 1 is 1.05 bits per heavy atom. The predicted octanol–water partition coefficient (Wildman–Crippen LogP) is 1.63. The monoisotopic (exact) mass is 293 g/mol. The zero-order valence-corrected chi connectivity index (χ0v) is 12.3. The highest BCUT2D eigenvalue weighted by molar-refractivity contribution is 5.89. The average Bonchev–Trinajstić information content (AvgIpc) is 2.55. The number of hydrogen-bond donors (Lipinski definition) is 1. The largest absolute Gasteiger partial charge is 0.460 e. The van der Waals surface area contributed by atoms with Crippen molar-refractivity contribution in [3.8, 4) is 0 Å². The second-order valence-electron chi connectivity index (χ2n) is 4.93. The molecule has 1 heterocycles. The topological polar surface area (TPSA) is 56.8 Å². The molecule has 0 aliphatic carbocycles. The molecule has 1 aliphatic rings. The minimum absolute atomic E-state index is 0.265. The van der Waals surface area contributed by atoms with Crippen LogP contribution in [-0.4, -0.2) is 51.6 Å². The summed E-state index contributed by atoms with van der Waals surface area (Å²) < 4.78 is 16.2. The molecule has 2 rings (SSSR count). The van der Waals surface area contributed by atoms with E-state index in [1.165, 1.54) is 0 Å². The van der Waals surface area contributed by atoms with E-state index in [2.05, 4.69) is 5.32 Å². The molecule has 1 aromatic carbocycles. The van der Waals surface area contributed by atoms with Crippen molar-refractivity contribution in [3.63, 3.8) is 0 Å². The molecule has 1 fully saturated rings. The molecule has 21 heavy (non-hydrogen) atoms. The molecule has 0 radical (unpaired) electrons. The van der Waals surface area contributed by atoms with Crippen LogP contribution in [0.2, 0.25) is 0 Å². The van der Waals surface area contributed by atoms with Gasteiger partial charge in [0.2, 0.25) is 0 Å². The number of benzene rings is 1. The van der Waals surface area contributed by atoms with Crippen LogP contribution in [0, 0.1) is 0 Å². The fourth-order valence-corrected chi connectivity index (χ4v) is 2.19. The highest BCUT2D eigenvalue weighted by atomic mass is 16.6. The number of ether oxygens (including phenoxy) is 3. The lowest BCUT2D eigenvalue weighted by atomic mass is 10.1. The van der Waals surface area contributed by atoms with Crippen molar-refractivity contribution in [1.29, 1.82) is 0 Å². The fourth-order valence-electron chi connectivity index (χ4n) is 2.19. The summed E-state index contributed by atoms with van der Waals surface area (Å²) in [5, 5.41) is 3.30. The molecule has 1 aromatic rings. The summed E-state index contributed by atoms with van der Waals surface area (Å²) in [6, 6.07) is 8.95. The van der Waals surface area contributed by atoms with E-state index < -0.39 is 0 Å². The smallest absolute Gasteiger partial charge is 0.338 e. The Hall–Kier alpha value is -1.43. The maximum absolute atomic E-state index is 11.6. The van der Waals surface area contributed by atoms with E-state index >= 15 is 0 Å². The summed E-state index contributed by atoms with van der Waals surface area (Å²) in [5.41, 5.74) is 0.562. The molecule has 116 valence electrons. The Balaban J connectivity index is 1.45. The molecule has 1 N–H and O–H groups in total. The standard InChI is InChI=1S/C16H23NO4/c18-16(14-4-2-1-3-5-14)21-13-11-19-10-12-20-15-6-8-17-9-7-15/h1-5,15,17H,6-13H2. The van der Waals surface area contributed by atoms with Gasteiger partial charge < -0.3 is 19.5 Å². The lowest BCUT2D eigenvalue weighted by Gasteiger charge is -2.22. The minimum atomic E-state index is -0.315. The van der Waals surface area contributed by atoms with E-state index in [4.69, 9.17) is 14.2 Å². The summed E-state index contributed by atoms with van der Waals surface area (Å²) >= 11 is 0. The van der Waals surface area contributed by atoms with Crippen molar-refractivity contribution < 1.29 is 19.0 Å². The van der Waals surface area contributed by atoms with Crippen LogP contribution in [0.5, 0.6) is 0 Å². The van der Waals surface area contributed by atoms with Crippen molar-refractivity contribution in [2.24, 2.45) is 0 Å². The SMILES string of the molecule is O=C(OCCOCCOC1CCNCC1)c1ccccc1. The highest BCUT2D eigenvalue weighted by Gasteiger charge is 2.12. The van der Waals surface area contributed by atoms with Gasteiger partial charge in [-0.15, -0.1) is 0 Å². The second-order valence-corrected chi connectivity index (χ2v) is 4.93. The third kappa shape index (κ3) is 6.25. The van der Waals surface area contributed by atoms with E-state index in [0.29, 0.717) is 31.5 Å². The molecule has 5 heteroatoms. The van der Waals surface area contributed by atoms with E-state index in [1.807, 2.05) is 18.2 Å². The van der Waals surface area contributed by atoms with Gasteiger partial charge in [0.15, 0.2) is 0 Å². The van der Waals surface area contributed by atoms with Crippen LogP contribution in [0.15, 0.2) is 30.3 Å². The van der Waals surface area contributed by atoms with E-state index in [0.717, 1.165) is 25.9 Å². The molecular formula is C16H23NO4. The van der Waals surface area contributed by atoms with Crippen LogP contribution in [-0.2, 0) is 14.2 Å². The van der Waals surface area contributed by atoms with Crippen molar-refractivity contribution in [3.05, 3.63) is 35.9 Å². The van der Waals surface area contributed by atoms with Crippen LogP contribution in [0.4, 0.5) is 0 Å². The van der Waals surface area contributed by atoms with Gasteiger partial charge in [-0.2, -0.15) is 0 Å². The summed E-state index contributed by atoms with van der Waals surface area (Å²) in [7, 11) is 0. The number of carbonyl (C=O) groups is 1. The molecule has 0 spiro atoms. The Kier molecular flexibility index (Phi) is 7.21. The maximum Gasteiger partial charge on any atom is 0.338 e. The van der Waals surface area contributed by atoms with Gasteiger partial charge in [0, 0.05) is 0 Å². The first-order valence-electron chi connectivity index (χ1n) is 7.48. The summed E-state index contributed by atoms with van der Waals surface area (Å²) in [4.78, 5) is 11.6. The third-order valence-electron chi connectivity index (χ3n) is 3.34. The first-order chi connectivity index (χ1) is 10.4. The molecule has 0 amide bonds. The van der Waals surface area contributed by atoms with Gasteiger partial charge in [0.05, 0.1) is 31.5 Å². The molecule has 0 aromatic heterocycles. The first kappa shape index (κ1) is 15.9. The Morgan fingerprint density at radius 3 is 2.52 bits per heavy atom. The van der Waals surface area contributed by atoms with Gasteiger partial charge in [-0.05, 0) is 38.1 Å². The van der Waals surface area contributed by atoms with Crippen LogP contribution in [0.3, 0.4) is 0 Å². The van der Waals surface area contributed by atoms with Crippen LogP contribution in [0.25, 0.3) is 0 Å². The zero-order chi connectivity index (χ0) is 14.8. The normalized spacial score (nSPS) is 15.8. The Bertz CT molecular complexity index is 404. The van der Waals surface area contributed by atoms with Crippen LogP contribution >= 0.6 is 0 Å². The molecule has 5 nitrogen and oxygen atoms in total. The lowest BCUT2D eigenvalue weighted by Crippen LogP contribution is -2.33. The molecule has 0 unspecified atom stereocenters. The number of esters is 1. The number of carbonyl (C=O) groups excluding carboxylic acids is 1. The number of rotatable bonds is 8. The summed E-state index contributed by atoms with van der Waals surface area (Å²) in [6.07, 6.45) is 2.48. The van der Waals surface area contributed by atoms with Crippen molar-refractivity contribution in [1.82, 2.24) is 5.32 Å². The Morgan fingerprint density at radius 2 is 1.76 bits per heavy atom. The van der Waals surface area contributed by atoms with Gasteiger partial charge in [-0.1, -0.05) is 18.2 Å². The van der Waals surface area contributed by atoms with Crippen LogP contribution < -0.4 is 5.32 Å². The number of nitrogens with one attached hydrogen (secondary N) is 1. The quantitative estimate of drug-likeness (QED) is 0.583. The van der Waals surface area contributed by atoms with E-state index in [9.17, 15) is 4.79 Å². The minimum Gasteiger partial charge on any atom is -0.460 e. The third-order valence-corrected chi connectivity index (χ3v) is 3.34. The summed E-state index contributed by atoms with van der Waals surface area (Å²) in [5.74, 6) is -0.315. The van der Waals surface area contributed by atoms with Gasteiger partial charge in [-0.25, -0.2) is 4.79 Å². The molecule has 1 saturated heterocycles. The highest BCUT2D eigenvalue weighted by Crippen LogP contribution is 2.06. The average molecular weight is 293 g/mol. The predicted molar refractivity (Wildman–Crippen MR) is 79.4 cm³/mol. The molecular weight excluding hydrogens is 270 g/mol. The Labute approximate surface area is 125 Å². The van der Waals surface area contributed by atoms with Gasteiger partial charge in [0.1, 0.15) is 6.61 Å². The van der Waals surface area contributed by atoms with Gasteiger partial charge >= 0.3 is 5.97 Å². The molecule has 0 saturated carbocycles. The van der Waals surface area contributed by atoms with Crippen LogP contribution in [0.1, 0.15) is 23.2 Å². The second kappa shape index (κ2) is 9.50.